The first-order valence-corrected chi connectivity index (χ1v) is 8.32. The molecule has 0 spiro atoms. The highest BCUT2D eigenvalue weighted by Crippen LogP contribution is 2.18. The Morgan fingerprint density at radius 3 is 2.62 bits per heavy atom. The van der Waals surface area contributed by atoms with Crippen LogP contribution in [0.5, 0.6) is 0 Å². The average Bonchev–Trinajstić information content (AvgIpc) is 2.69. The summed E-state index contributed by atoms with van der Waals surface area (Å²) in [7, 11) is 0. The van der Waals surface area contributed by atoms with Crippen LogP contribution < -0.4 is 4.90 Å². The molecule has 0 N–H and O–H groups in total. The molecule has 7 heteroatoms. The van der Waals surface area contributed by atoms with Gasteiger partial charge in [0.1, 0.15) is 11.3 Å². The Morgan fingerprint density at radius 1 is 1.04 bits per heavy atom. The summed E-state index contributed by atoms with van der Waals surface area (Å²) < 4.78 is 0. The lowest BCUT2D eigenvalue weighted by Crippen LogP contribution is -2.50. The average molecular weight is 344 g/mol. The predicted octanol–water partition coefficient (Wildman–Crippen LogP) is 1.75. The normalized spacial score (nSPS) is 14.5. The fourth-order valence-corrected chi connectivity index (χ4v) is 3.00. The zero-order valence-electron chi connectivity index (χ0n) is 14.0. The Kier molecular flexibility index (Phi) is 4.15. The van der Waals surface area contributed by atoms with Crippen molar-refractivity contribution >= 4 is 22.9 Å². The van der Waals surface area contributed by atoms with Crippen molar-refractivity contribution < 1.29 is 4.79 Å². The Morgan fingerprint density at radius 2 is 1.85 bits per heavy atom. The fraction of sp³-hybridized carbons (Fsp3) is 0.211. The molecule has 3 aromatic rings. The molecule has 1 aliphatic heterocycles. The van der Waals surface area contributed by atoms with Crippen molar-refractivity contribution in [1.82, 2.24) is 19.9 Å². The number of piperazine rings is 1. The monoisotopic (exact) mass is 344 g/mol. The third-order valence-corrected chi connectivity index (χ3v) is 4.42. The molecular formula is C19H16N6O. The largest absolute Gasteiger partial charge is 0.345 e. The lowest BCUT2D eigenvalue weighted by atomic mass is 10.1. The number of hydrogen-bond acceptors (Lipinski definition) is 6. The van der Waals surface area contributed by atoms with E-state index in [0.717, 1.165) is 16.9 Å². The molecule has 0 atom stereocenters. The highest BCUT2D eigenvalue weighted by atomic mass is 16.2. The van der Waals surface area contributed by atoms with Crippen LogP contribution in [0.4, 0.5) is 5.82 Å². The Bertz CT molecular complexity index is 995. The number of nitriles is 1. The highest BCUT2D eigenvalue weighted by Gasteiger charge is 2.25. The van der Waals surface area contributed by atoms with Gasteiger partial charge in [-0.3, -0.25) is 9.78 Å². The first-order valence-electron chi connectivity index (χ1n) is 8.32. The second kappa shape index (κ2) is 6.76. The third-order valence-electron chi connectivity index (χ3n) is 4.42. The van der Waals surface area contributed by atoms with Gasteiger partial charge in [-0.15, -0.1) is 0 Å². The maximum Gasteiger partial charge on any atom is 0.242 e. The van der Waals surface area contributed by atoms with Crippen LogP contribution in [0.2, 0.25) is 0 Å². The summed E-state index contributed by atoms with van der Waals surface area (Å²) in [6.45, 7) is 2.17. The minimum atomic E-state index is 0.0571. The van der Waals surface area contributed by atoms with Crippen molar-refractivity contribution in [3.05, 3.63) is 59.9 Å². The number of carbonyl (C=O) groups is 1. The van der Waals surface area contributed by atoms with Crippen LogP contribution in [0.1, 0.15) is 11.1 Å². The summed E-state index contributed by atoms with van der Waals surface area (Å²) in [5.74, 6) is 0.797. The molecule has 1 aromatic carbocycles. The number of carbonyl (C=O) groups excluding carboxylic acids is 1. The molecule has 4 rings (SSSR count). The third kappa shape index (κ3) is 3.17. The second-order valence-corrected chi connectivity index (χ2v) is 6.11. The van der Waals surface area contributed by atoms with Crippen molar-refractivity contribution in [2.45, 2.75) is 6.54 Å². The van der Waals surface area contributed by atoms with Crippen molar-refractivity contribution in [3.8, 4) is 6.07 Å². The van der Waals surface area contributed by atoms with Crippen LogP contribution in [0.15, 0.2) is 48.8 Å². The van der Waals surface area contributed by atoms with Gasteiger partial charge in [-0.05, 0) is 29.8 Å². The van der Waals surface area contributed by atoms with Gasteiger partial charge in [0.25, 0.3) is 0 Å². The van der Waals surface area contributed by atoms with Gasteiger partial charge in [0, 0.05) is 32.0 Å². The number of anilines is 1. The fourth-order valence-electron chi connectivity index (χ4n) is 3.00. The summed E-state index contributed by atoms with van der Waals surface area (Å²) >= 11 is 0. The molecule has 0 saturated carbocycles. The van der Waals surface area contributed by atoms with E-state index in [1.807, 2.05) is 34.1 Å². The highest BCUT2D eigenvalue weighted by molar-refractivity contribution is 5.83. The van der Waals surface area contributed by atoms with Crippen LogP contribution in [-0.4, -0.2) is 45.4 Å². The number of pyridine rings is 1. The van der Waals surface area contributed by atoms with E-state index in [2.05, 4.69) is 21.0 Å². The van der Waals surface area contributed by atoms with Crippen molar-refractivity contribution in [3.63, 3.8) is 0 Å². The maximum absolute atomic E-state index is 12.5. The minimum absolute atomic E-state index is 0.0571. The van der Waals surface area contributed by atoms with Crippen LogP contribution in [0, 0.1) is 11.3 Å². The first kappa shape index (κ1) is 16.0. The van der Waals surface area contributed by atoms with Crippen LogP contribution >= 0.6 is 0 Å². The van der Waals surface area contributed by atoms with E-state index in [1.165, 1.54) is 0 Å². The van der Waals surface area contributed by atoms with Gasteiger partial charge in [0.05, 0.1) is 18.2 Å². The van der Waals surface area contributed by atoms with E-state index in [4.69, 9.17) is 5.26 Å². The summed E-state index contributed by atoms with van der Waals surface area (Å²) in [6.07, 6.45) is 3.24. The van der Waals surface area contributed by atoms with E-state index in [9.17, 15) is 4.79 Å². The lowest BCUT2D eigenvalue weighted by Gasteiger charge is -2.35. The van der Waals surface area contributed by atoms with Crippen molar-refractivity contribution in [1.29, 1.82) is 5.26 Å². The SMILES string of the molecule is N#Cc1ccc(CN2CCN(c3ccc4nccnc4n3)CC2=O)cc1. The molecule has 0 radical (unpaired) electrons. The van der Waals surface area contributed by atoms with Gasteiger partial charge in [-0.1, -0.05) is 12.1 Å². The summed E-state index contributed by atoms with van der Waals surface area (Å²) in [6, 6.07) is 13.2. The molecule has 1 fully saturated rings. The smallest absolute Gasteiger partial charge is 0.242 e. The van der Waals surface area contributed by atoms with Crippen molar-refractivity contribution in [2.24, 2.45) is 0 Å². The van der Waals surface area contributed by atoms with Gasteiger partial charge in [0.15, 0.2) is 5.65 Å². The zero-order valence-corrected chi connectivity index (χ0v) is 14.0. The maximum atomic E-state index is 12.5. The van der Waals surface area contributed by atoms with Crippen LogP contribution in [0.25, 0.3) is 11.2 Å². The van der Waals surface area contributed by atoms with Gasteiger partial charge in [-0.2, -0.15) is 5.26 Å². The zero-order chi connectivity index (χ0) is 17.9. The second-order valence-electron chi connectivity index (χ2n) is 6.11. The predicted molar refractivity (Wildman–Crippen MR) is 96.1 cm³/mol. The van der Waals surface area contributed by atoms with Crippen molar-refractivity contribution in [2.75, 3.05) is 24.5 Å². The van der Waals surface area contributed by atoms with Gasteiger partial charge in [0.2, 0.25) is 5.91 Å². The minimum Gasteiger partial charge on any atom is -0.345 e. The van der Waals surface area contributed by atoms with E-state index in [0.29, 0.717) is 30.8 Å². The lowest BCUT2D eigenvalue weighted by molar-refractivity contribution is -0.131. The quantitative estimate of drug-likeness (QED) is 0.719. The Hall–Kier alpha value is -3.53. The Balaban J connectivity index is 1.45. The number of hydrogen-bond donors (Lipinski definition) is 0. The number of fused-ring (bicyclic) bond motifs is 1. The molecule has 1 amide bonds. The summed E-state index contributed by atoms with van der Waals surface area (Å²) in [5, 5.41) is 8.86. The van der Waals surface area contributed by atoms with Gasteiger partial charge >= 0.3 is 0 Å². The molecular weight excluding hydrogens is 328 g/mol. The molecule has 26 heavy (non-hydrogen) atoms. The first-order chi connectivity index (χ1) is 12.7. The van der Waals surface area contributed by atoms with E-state index >= 15 is 0 Å². The molecule has 128 valence electrons. The topological polar surface area (TPSA) is 86.0 Å². The molecule has 1 aliphatic rings. The molecule has 1 saturated heterocycles. The molecule has 0 aliphatic carbocycles. The Labute approximate surface area is 150 Å². The van der Waals surface area contributed by atoms with E-state index in [1.54, 1.807) is 24.5 Å². The molecule has 0 bridgehead atoms. The van der Waals surface area contributed by atoms with E-state index < -0.39 is 0 Å². The van der Waals surface area contributed by atoms with Crippen LogP contribution in [0.3, 0.4) is 0 Å². The standard InChI is InChI=1S/C19H16N6O/c20-11-14-1-3-15(4-2-14)12-25-10-9-24(13-18(25)26)17-6-5-16-19(23-17)22-8-7-21-16/h1-8H,9-10,12-13H2. The summed E-state index contributed by atoms with van der Waals surface area (Å²) in [4.78, 5) is 29.3. The molecule has 3 heterocycles. The van der Waals surface area contributed by atoms with Gasteiger partial charge in [-0.25, -0.2) is 9.97 Å². The summed E-state index contributed by atoms with van der Waals surface area (Å²) in [5.41, 5.74) is 2.96. The number of nitrogens with zero attached hydrogens (tertiary/aromatic N) is 6. The number of benzene rings is 1. The molecule has 0 unspecified atom stereocenters. The molecule has 7 nitrogen and oxygen atoms in total. The number of aromatic nitrogens is 3. The van der Waals surface area contributed by atoms with Gasteiger partial charge < -0.3 is 9.80 Å². The molecule has 2 aromatic heterocycles. The van der Waals surface area contributed by atoms with E-state index in [-0.39, 0.29) is 12.5 Å². The van der Waals surface area contributed by atoms with Crippen LogP contribution in [-0.2, 0) is 11.3 Å². The number of amides is 1. The number of rotatable bonds is 3.